The SMILES string of the molecule is Cc1ccnc(C2CC2C(=O)Nc2cc(CCc3cn4cc(C5CC5)cc(N5CC(=O)N(C)C5=O)c4n3)ccn2)n1. The van der Waals surface area contributed by atoms with Crippen molar-refractivity contribution in [2.24, 2.45) is 5.92 Å². The summed E-state index contributed by atoms with van der Waals surface area (Å²) in [6, 6.07) is 7.37. The molecular weight excluding hydrogens is 520 g/mol. The number of anilines is 2. The largest absolute Gasteiger partial charge is 0.331 e. The number of fused-ring (bicyclic) bond motifs is 1. The van der Waals surface area contributed by atoms with Gasteiger partial charge in [-0.05, 0) is 80.3 Å². The summed E-state index contributed by atoms with van der Waals surface area (Å²) in [5.41, 5.74) is 5.31. The van der Waals surface area contributed by atoms with Crippen LogP contribution in [0.15, 0.2) is 49.1 Å². The summed E-state index contributed by atoms with van der Waals surface area (Å²) in [4.78, 5) is 58.5. The summed E-state index contributed by atoms with van der Waals surface area (Å²) in [6.07, 6.45) is 11.9. The minimum absolute atomic E-state index is 0.0203. The Labute approximate surface area is 236 Å². The smallest absolute Gasteiger partial charge is 0.310 e. The fourth-order valence-electron chi connectivity index (χ4n) is 5.50. The molecule has 2 unspecified atom stereocenters. The van der Waals surface area contributed by atoms with Crippen molar-refractivity contribution in [1.29, 1.82) is 0 Å². The Bertz CT molecular complexity index is 1710. The van der Waals surface area contributed by atoms with E-state index in [1.807, 2.05) is 41.8 Å². The standard InChI is InChI=1S/C30H30N8O3/c1-17-7-9-32-27(33-17)22-13-23(22)29(40)35-25-11-18(8-10-31-25)3-6-21-15-37-14-20(19-4-5-19)12-24(28(37)34-21)38-16-26(39)36(2)30(38)41/h7-12,14-15,19,22-23H,3-6,13,16H2,1-2H3,(H,31,35,40). The molecule has 3 fully saturated rings. The van der Waals surface area contributed by atoms with Gasteiger partial charge in [0.2, 0.25) is 11.8 Å². The number of aromatic nitrogens is 5. The number of nitrogens with one attached hydrogen (secondary N) is 1. The Kier molecular flexibility index (Phi) is 6.02. The maximum absolute atomic E-state index is 12.8. The van der Waals surface area contributed by atoms with E-state index in [1.54, 1.807) is 12.4 Å². The zero-order chi connectivity index (χ0) is 28.2. The van der Waals surface area contributed by atoms with Gasteiger partial charge < -0.3 is 9.72 Å². The van der Waals surface area contributed by atoms with E-state index in [0.717, 1.165) is 52.5 Å². The number of amides is 4. The number of pyridine rings is 2. The number of carbonyl (C=O) groups excluding carboxylic acids is 3. The second kappa shape index (κ2) is 9.76. The van der Waals surface area contributed by atoms with E-state index in [9.17, 15) is 14.4 Å². The van der Waals surface area contributed by atoms with Crippen LogP contribution in [0.2, 0.25) is 0 Å². The molecule has 2 atom stereocenters. The number of rotatable bonds is 8. The lowest BCUT2D eigenvalue weighted by atomic mass is 10.1. The van der Waals surface area contributed by atoms with Crippen molar-refractivity contribution in [3.63, 3.8) is 0 Å². The fourth-order valence-corrected chi connectivity index (χ4v) is 5.50. The van der Waals surface area contributed by atoms with Crippen molar-refractivity contribution >= 4 is 35.0 Å². The summed E-state index contributed by atoms with van der Waals surface area (Å²) >= 11 is 0. The molecule has 11 nitrogen and oxygen atoms in total. The first-order valence-corrected chi connectivity index (χ1v) is 14.0. The molecule has 11 heteroatoms. The highest BCUT2D eigenvalue weighted by Crippen LogP contribution is 2.46. The van der Waals surface area contributed by atoms with E-state index < -0.39 is 0 Å². The van der Waals surface area contributed by atoms with Crippen LogP contribution in [-0.4, -0.2) is 60.7 Å². The molecule has 5 heterocycles. The third-order valence-electron chi connectivity index (χ3n) is 8.15. The molecule has 7 rings (SSSR count). The molecule has 0 radical (unpaired) electrons. The normalized spacial score (nSPS) is 20.2. The number of aryl methyl sites for hydroxylation is 3. The summed E-state index contributed by atoms with van der Waals surface area (Å²) in [6.45, 7) is 1.94. The van der Waals surface area contributed by atoms with E-state index in [-0.39, 0.29) is 36.2 Å². The number of hydrogen-bond acceptors (Lipinski definition) is 7. The van der Waals surface area contributed by atoms with E-state index in [4.69, 9.17) is 4.98 Å². The number of nitrogens with zero attached hydrogens (tertiary/aromatic N) is 7. The summed E-state index contributed by atoms with van der Waals surface area (Å²) < 4.78 is 1.98. The zero-order valence-electron chi connectivity index (χ0n) is 22.9. The van der Waals surface area contributed by atoms with Crippen LogP contribution in [0.3, 0.4) is 0 Å². The molecule has 2 saturated carbocycles. The molecule has 0 aromatic carbocycles. The van der Waals surface area contributed by atoms with Crippen molar-refractivity contribution in [2.75, 3.05) is 23.8 Å². The van der Waals surface area contributed by atoms with Gasteiger partial charge in [-0.3, -0.25) is 19.4 Å². The van der Waals surface area contributed by atoms with Gasteiger partial charge in [0.1, 0.15) is 18.2 Å². The van der Waals surface area contributed by atoms with E-state index in [0.29, 0.717) is 35.9 Å². The molecular formula is C30H30N8O3. The van der Waals surface area contributed by atoms with Crippen molar-refractivity contribution in [3.05, 3.63) is 77.4 Å². The highest BCUT2D eigenvalue weighted by Gasteiger charge is 2.46. The molecule has 4 aromatic rings. The Balaban J connectivity index is 1.05. The second-order valence-corrected chi connectivity index (χ2v) is 11.3. The van der Waals surface area contributed by atoms with Gasteiger partial charge in [-0.15, -0.1) is 0 Å². The van der Waals surface area contributed by atoms with Crippen molar-refractivity contribution in [2.45, 2.75) is 50.9 Å². The van der Waals surface area contributed by atoms with Gasteiger partial charge in [0, 0.05) is 49.4 Å². The van der Waals surface area contributed by atoms with Gasteiger partial charge in [-0.1, -0.05) is 0 Å². The molecule has 0 spiro atoms. The van der Waals surface area contributed by atoms with Crippen LogP contribution in [0.5, 0.6) is 0 Å². The monoisotopic (exact) mass is 550 g/mol. The van der Waals surface area contributed by atoms with Crippen molar-refractivity contribution in [1.82, 2.24) is 29.2 Å². The Hall–Kier alpha value is -4.67. The number of hydrogen-bond donors (Lipinski definition) is 1. The van der Waals surface area contributed by atoms with E-state index in [2.05, 4.69) is 26.5 Å². The second-order valence-electron chi connectivity index (χ2n) is 11.3. The molecule has 208 valence electrons. The van der Waals surface area contributed by atoms with Gasteiger partial charge >= 0.3 is 6.03 Å². The minimum atomic E-state index is -0.329. The number of carbonyl (C=O) groups is 3. The Morgan fingerprint density at radius 2 is 1.88 bits per heavy atom. The van der Waals surface area contributed by atoms with Crippen LogP contribution in [0.1, 0.15) is 59.4 Å². The number of imidazole rings is 1. The molecule has 2 aliphatic carbocycles. The highest BCUT2D eigenvalue weighted by molar-refractivity contribution is 6.13. The average molecular weight is 551 g/mol. The van der Waals surface area contributed by atoms with Crippen LogP contribution >= 0.6 is 0 Å². The fraction of sp³-hybridized carbons (Fsp3) is 0.367. The number of imide groups is 1. The first-order valence-electron chi connectivity index (χ1n) is 14.0. The lowest BCUT2D eigenvalue weighted by Crippen LogP contribution is -2.30. The maximum Gasteiger partial charge on any atom is 0.331 e. The molecule has 4 amide bonds. The van der Waals surface area contributed by atoms with E-state index >= 15 is 0 Å². The minimum Gasteiger partial charge on any atom is -0.310 e. The van der Waals surface area contributed by atoms with Crippen molar-refractivity contribution in [3.8, 4) is 0 Å². The first-order chi connectivity index (χ1) is 19.8. The lowest BCUT2D eigenvalue weighted by molar-refractivity contribution is -0.124. The average Bonchev–Trinajstić information content (AvgIpc) is 3.89. The maximum atomic E-state index is 12.8. The lowest BCUT2D eigenvalue weighted by Gasteiger charge is -2.17. The summed E-state index contributed by atoms with van der Waals surface area (Å²) in [5, 5.41) is 2.96. The summed E-state index contributed by atoms with van der Waals surface area (Å²) in [7, 11) is 1.51. The van der Waals surface area contributed by atoms with Crippen LogP contribution in [0, 0.1) is 12.8 Å². The van der Waals surface area contributed by atoms with Gasteiger partial charge in [0.05, 0.1) is 11.4 Å². The van der Waals surface area contributed by atoms with Gasteiger partial charge in [-0.25, -0.2) is 24.7 Å². The molecule has 3 aliphatic rings. The summed E-state index contributed by atoms with van der Waals surface area (Å²) in [5.74, 6) is 1.34. The predicted molar refractivity (Wildman–Crippen MR) is 151 cm³/mol. The quantitative estimate of drug-likeness (QED) is 0.332. The van der Waals surface area contributed by atoms with Crippen LogP contribution in [-0.2, 0) is 22.4 Å². The molecule has 41 heavy (non-hydrogen) atoms. The third-order valence-corrected chi connectivity index (χ3v) is 8.15. The molecule has 0 bridgehead atoms. The number of urea groups is 1. The topological polar surface area (TPSA) is 126 Å². The van der Waals surface area contributed by atoms with Crippen LogP contribution in [0.25, 0.3) is 5.65 Å². The van der Waals surface area contributed by atoms with Gasteiger partial charge in [0.25, 0.3) is 0 Å². The molecule has 1 aliphatic heterocycles. The Morgan fingerprint density at radius 3 is 2.63 bits per heavy atom. The van der Waals surface area contributed by atoms with Crippen molar-refractivity contribution < 1.29 is 14.4 Å². The van der Waals surface area contributed by atoms with Crippen LogP contribution in [0.4, 0.5) is 16.3 Å². The molecule has 1 saturated heterocycles. The number of likely N-dealkylation sites (N-methyl/N-ethyl adjacent to an activating group) is 1. The molecule has 1 N–H and O–H groups in total. The van der Waals surface area contributed by atoms with Crippen LogP contribution < -0.4 is 10.2 Å². The van der Waals surface area contributed by atoms with E-state index in [1.165, 1.54) is 11.9 Å². The molecule has 4 aromatic heterocycles. The highest BCUT2D eigenvalue weighted by atomic mass is 16.2. The van der Waals surface area contributed by atoms with Gasteiger partial charge in [0.15, 0.2) is 5.65 Å². The van der Waals surface area contributed by atoms with Gasteiger partial charge in [-0.2, -0.15) is 0 Å². The zero-order valence-corrected chi connectivity index (χ0v) is 22.9. The predicted octanol–water partition coefficient (Wildman–Crippen LogP) is 3.63. The Morgan fingerprint density at radius 1 is 1.05 bits per heavy atom. The third kappa shape index (κ3) is 4.92. The first kappa shape index (κ1) is 25.3.